The van der Waals surface area contributed by atoms with Crippen molar-refractivity contribution in [3.05, 3.63) is 24.3 Å². The molecule has 0 amide bonds. The van der Waals surface area contributed by atoms with Gasteiger partial charge in [-0.25, -0.2) is 4.68 Å². The molecule has 0 saturated heterocycles. The Labute approximate surface area is 166 Å². The number of rotatable bonds is 14. The number of hydrogen-bond acceptors (Lipinski definition) is 3. The van der Waals surface area contributed by atoms with Gasteiger partial charge in [0.2, 0.25) is 0 Å². The largest absolute Gasteiger partial charge is 0.284 e. The van der Waals surface area contributed by atoms with Gasteiger partial charge in [0.15, 0.2) is 0 Å². The summed E-state index contributed by atoms with van der Waals surface area (Å²) in [6.45, 7) is 12.5. The first-order valence-corrected chi connectivity index (χ1v) is 11.2. The monoisotopic (exact) mass is 372 g/mol. The first-order chi connectivity index (χ1) is 13.2. The number of nitrogens with zero attached hydrogens (tertiary/aromatic N) is 4. The quantitative estimate of drug-likeness (QED) is 0.400. The van der Waals surface area contributed by atoms with Crippen molar-refractivity contribution in [1.29, 1.82) is 0 Å². The van der Waals surface area contributed by atoms with Crippen molar-refractivity contribution in [1.82, 2.24) is 19.9 Å². The zero-order chi connectivity index (χ0) is 19.5. The van der Waals surface area contributed by atoms with Crippen LogP contribution in [0.25, 0.3) is 11.0 Å². The van der Waals surface area contributed by atoms with Crippen LogP contribution in [-0.2, 0) is 6.67 Å². The van der Waals surface area contributed by atoms with Gasteiger partial charge in [0.05, 0.1) is 12.2 Å². The van der Waals surface area contributed by atoms with Gasteiger partial charge in [-0.3, -0.25) is 4.90 Å². The van der Waals surface area contributed by atoms with E-state index < -0.39 is 0 Å². The van der Waals surface area contributed by atoms with Gasteiger partial charge < -0.3 is 0 Å². The number of hydrogen-bond donors (Lipinski definition) is 0. The fourth-order valence-electron chi connectivity index (χ4n) is 3.97. The molecule has 27 heavy (non-hydrogen) atoms. The molecule has 0 aliphatic carbocycles. The van der Waals surface area contributed by atoms with Gasteiger partial charge >= 0.3 is 0 Å². The lowest BCUT2D eigenvalue weighted by atomic mass is 9.96. The summed E-state index contributed by atoms with van der Waals surface area (Å²) in [6, 6.07) is 8.30. The van der Waals surface area contributed by atoms with Crippen LogP contribution in [0.3, 0.4) is 0 Å². The Morgan fingerprint density at radius 2 is 1.48 bits per heavy atom. The van der Waals surface area contributed by atoms with E-state index in [-0.39, 0.29) is 0 Å². The van der Waals surface area contributed by atoms with E-state index in [1.165, 1.54) is 64.5 Å². The fourth-order valence-corrected chi connectivity index (χ4v) is 3.97. The highest BCUT2D eigenvalue weighted by Crippen LogP contribution is 2.20. The zero-order valence-electron chi connectivity index (χ0n) is 18.0. The summed E-state index contributed by atoms with van der Waals surface area (Å²) >= 11 is 0. The van der Waals surface area contributed by atoms with E-state index in [0.717, 1.165) is 29.5 Å². The van der Waals surface area contributed by atoms with E-state index in [1.54, 1.807) is 0 Å². The molecule has 1 aromatic heterocycles. The van der Waals surface area contributed by atoms with Crippen LogP contribution >= 0.6 is 0 Å². The number of para-hydroxylation sites is 1. The zero-order valence-corrected chi connectivity index (χ0v) is 18.0. The summed E-state index contributed by atoms with van der Waals surface area (Å²) in [6.07, 6.45) is 10.5. The van der Waals surface area contributed by atoms with Crippen molar-refractivity contribution in [2.75, 3.05) is 13.1 Å². The van der Waals surface area contributed by atoms with Gasteiger partial charge in [0, 0.05) is 13.1 Å². The maximum atomic E-state index is 4.45. The third-order valence-electron chi connectivity index (χ3n) is 5.87. The lowest BCUT2D eigenvalue weighted by Crippen LogP contribution is -2.36. The molecule has 1 aromatic carbocycles. The first-order valence-electron chi connectivity index (χ1n) is 11.2. The molecule has 4 nitrogen and oxygen atoms in total. The molecule has 0 spiro atoms. The second-order valence-corrected chi connectivity index (χ2v) is 8.09. The molecule has 152 valence electrons. The Morgan fingerprint density at radius 3 is 2.04 bits per heavy atom. The predicted octanol–water partition coefficient (Wildman–Crippen LogP) is 6.12. The number of aromatic nitrogens is 3. The molecule has 2 atom stereocenters. The van der Waals surface area contributed by atoms with Gasteiger partial charge in [-0.05, 0) is 36.8 Å². The van der Waals surface area contributed by atoms with E-state index in [1.807, 2.05) is 6.07 Å². The molecule has 2 rings (SSSR count). The highest BCUT2D eigenvalue weighted by atomic mass is 15.5. The lowest BCUT2D eigenvalue weighted by Gasteiger charge is -2.30. The van der Waals surface area contributed by atoms with Gasteiger partial charge in [-0.15, -0.1) is 5.10 Å². The van der Waals surface area contributed by atoms with E-state index >= 15 is 0 Å². The van der Waals surface area contributed by atoms with Crippen molar-refractivity contribution in [3.63, 3.8) is 0 Å². The number of unbranched alkanes of at least 4 members (excludes halogenated alkanes) is 2. The van der Waals surface area contributed by atoms with Crippen molar-refractivity contribution in [2.45, 2.75) is 85.7 Å². The summed E-state index contributed by atoms with van der Waals surface area (Å²) in [5.74, 6) is 1.56. The summed E-state index contributed by atoms with van der Waals surface area (Å²) < 4.78 is 2.09. The molecular weight excluding hydrogens is 332 g/mol. The Kier molecular flexibility index (Phi) is 9.82. The molecule has 0 N–H and O–H groups in total. The second-order valence-electron chi connectivity index (χ2n) is 8.09. The molecule has 0 unspecified atom stereocenters. The van der Waals surface area contributed by atoms with Crippen LogP contribution in [0.4, 0.5) is 0 Å². The van der Waals surface area contributed by atoms with Crippen LogP contribution < -0.4 is 0 Å². The second kappa shape index (κ2) is 12.1. The molecule has 4 heteroatoms. The van der Waals surface area contributed by atoms with Gasteiger partial charge in [0.25, 0.3) is 0 Å². The molecule has 0 aliphatic heterocycles. The maximum Gasteiger partial charge on any atom is 0.113 e. The highest BCUT2D eigenvalue weighted by molar-refractivity contribution is 5.73. The standard InChI is InChI=1S/C23H40N4/c1-5-9-13-20(7-3)17-26(18-21(8-4)14-10-6-2)19-27-23-16-12-11-15-22(23)24-25-27/h11-12,15-16,20-21H,5-10,13-14,17-19H2,1-4H3/t20-,21-/m1/s1. The van der Waals surface area contributed by atoms with Crippen molar-refractivity contribution in [2.24, 2.45) is 11.8 Å². The van der Waals surface area contributed by atoms with E-state index in [9.17, 15) is 0 Å². The molecule has 0 aliphatic rings. The van der Waals surface area contributed by atoms with Crippen molar-refractivity contribution < 1.29 is 0 Å². The molecule has 0 radical (unpaired) electrons. The van der Waals surface area contributed by atoms with Gasteiger partial charge in [-0.1, -0.05) is 83.6 Å². The summed E-state index contributed by atoms with van der Waals surface area (Å²) in [5.41, 5.74) is 2.14. The summed E-state index contributed by atoms with van der Waals surface area (Å²) in [4.78, 5) is 2.65. The van der Waals surface area contributed by atoms with Crippen LogP contribution in [0.2, 0.25) is 0 Å². The Balaban J connectivity index is 2.11. The lowest BCUT2D eigenvalue weighted by molar-refractivity contribution is 0.139. The van der Waals surface area contributed by atoms with E-state index in [4.69, 9.17) is 0 Å². The van der Waals surface area contributed by atoms with E-state index in [0.29, 0.717) is 0 Å². The SMILES string of the molecule is CCCC[C@@H](CC)CN(C[C@H](CC)CCCC)Cn1nnc2ccccc21. The molecule has 1 heterocycles. The van der Waals surface area contributed by atoms with Gasteiger partial charge in [-0.2, -0.15) is 0 Å². The predicted molar refractivity (Wildman–Crippen MR) is 116 cm³/mol. The third kappa shape index (κ3) is 6.91. The average Bonchev–Trinajstić information content (AvgIpc) is 3.10. The molecule has 2 aromatic rings. The molecular formula is C23H40N4. The minimum Gasteiger partial charge on any atom is -0.284 e. The molecule has 0 bridgehead atoms. The highest BCUT2D eigenvalue weighted by Gasteiger charge is 2.18. The Morgan fingerprint density at radius 1 is 0.889 bits per heavy atom. The van der Waals surface area contributed by atoms with Crippen molar-refractivity contribution in [3.8, 4) is 0 Å². The summed E-state index contributed by atoms with van der Waals surface area (Å²) in [5, 5.41) is 8.81. The third-order valence-corrected chi connectivity index (χ3v) is 5.87. The first kappa shape index (κ1) is 21.9. The Bertz CT molecular complexity index is 618. The van der Waals surface area contributed by atoms with Gasteiger partial charge in [0.1, 0.15) is 5.52 Å². The van der Waals surface area contributed by atoms with Crippen LogP contribution in [0.1, 0.15) is 79.1 Å². The Hall–Kier alpha value is -1.42. The van der Waals surface area contributed by atoms with Crippen LogP contribution in [0.15, 0.2) is 24.3 Å². The van der Waals surface area contributed by atoms with Crippen LogP contribution in [0.5, 0.6) is 0 Å². The number of benzene rings is 1. The number of fused-ring (bicyclic) bond motifs is 1. The van der Waals surface area contributed by atoms with Crippen LogP contribution in [0, 0.1) is 11.8 Å². The van der Waals surface area contributed by atoms with Crippen LogP contribution in [-0.4, -0.2) is 33.0 Å². The fraction of sp³-hybridized carbons (Fsp3) is 0.739. The van der Waals surface area contributed by atoms with Crippen molar-refractivity contribution >= 4 is 11.0 Å². The average molecular weight is 373 g/mol. The minimum atomic E-state index is 0.781. The molecule has 0 fully saturated rings. The maximum absolute atomic E-state index is 4.45. The van der Waals surface area contributed by atoms with E-state index in [2.05, 4.69) is 65.8 Å². The normalized spacial score (nSPS) is 14.1. The topological polar surface area (TPSA) is 34.0 Å². The summed E-state index contributed by atoms with van der Waals surface area (Å²) in [7, 11) is 0. The minimum absolute atomic E-state index is 0.781. The molecule has 0 saturated carbocycles. The smallest absolute Gasteiger partial charge is 0.113 e.